The van der Waals surface area contributed by atoms with E-state index in [1.54, 1.807) is 0 Å². The second kappa shape index (κ2) is 10.7. The summed E-state index contributed by atoms with van der Waals surface area (Å²) in [6.07, 6.45) is 0. The first-order valence-corrected chi connectivity index (χ1v) is 17.8. The molecule has 0 saturated heterocycles. The number of hydrogen-bond acceptors (Lipinski definition) is 1. The molecule has 2 heterocycles. The van der Waals surface area contributed by atoms with Crippen LogP contribution in [0.3, 0.4) is 0 Å². The molecule has 0 radical (unpaired) electrons. The maximum atomic E-state index is 5.09. The molecule has 9 aromatic rings. The van der Waals surface area contributed by atoms with Gasteiger partial charge in [-0.1, -0.05) is 152 Å². The molecule has 2 aromatic heterocycles. The summed E-state index contributed by atoms with van der Waals surface area (Å²) in [6, 6.07) is 66.6. The molecule has 0 saturated carbocycles. The minimum Gasteiger partial charge on any atom is -0.292 e. The van der Waals surface area contributed by atoms with Gasteiger partial charge < -0.3 is 0 Å². The lowest BCUT2D eigenvalue weighted by atomic mass is 9.99. The second-order valence-electron chi connectivity index (χ2n) is 12.0. The van der Waals surface area contributed by atoms with E-state index in [4.69, 9.17) is 4.98 Å². The molecule has 2 nitrogen and oxygen atoms in total. The molecule has 0 N–H and O–H groups in total. The van der Waals surface area contributed by atoms with Crippen molar-refractivity contribution in [3.05, 3.63) is 182 Å². The summed E-state index contributed by atoms with van der Waals surface area (Å²) in [4.78, 5) is 5.09. The van der Waals surface area contributed by atoms with E-state index >= 15 is 0 Å². The number of nitrogens with zero attached hydrogens (tertiary/aromatic N) is 2. The average molecular weight is 603 g/mol. The third-order valence-electron chi connectivity index (χ3n) is 9.53. The Bertz CT molecular complexity index is 2410. The fourth-order valence-electron chi connectivity index (χ4n) is 7.47. The fourth-order valence-corrected chi connectivity index (χ4v) is 12.2. The average Bonchev–Trinajstić information content (AvgIpc) is 3.54. The minimum absolute atomic E-state index is 1.00. The first-order chi connectivity index (χ1) is 22.8. The molecule has 0 unspecified atom stereocenters. The molecule has 7 aromatic carbocycles. The third-order valence-corrected chi connectivity index (χ3v) is 14.3. The number of fused-ring (bicyclic) bond motifs is 8. The Hall–Kier alpha value is -5.77. The SMILES string of the molecule is c1ccc([Si](c2ccccc2)(c2ccccc2)c2ccc(-c3ccc4c(c3)c3ccccc3n3c5ccccc5nc43)cc2)cc1. The van der Waals surface area contributed by atoms with Crippen molar-refractivity contribution in [2.24, 2.45) is 0 Å². The van der Waals surface area contributed by atoms with E-state index in [9.17, 15) is 0 Å². The highest BCUT2D eigenvalue weighted by Gasteiger charge is 2.41. The molecular weight excluding hydrogens is 573 g/mol. The van der Waals surface area contributed by atoms with Crippen molar-refractivity contribution in [2.75, 3.05) is 0 Å². The van der Waals surface area contributed by atoms with E-state index in [1.165, 1.54) is 53.5 Å². The lowest BCUT2D eigenvalue weighted by Gasteiger charge is -2.34. The molecule has 0 aliphatic carbocycles. The van der Waals surface area contributed by atoms with Gasteiger partial charge in [0.2, 0.25) is 0 Å². The van der Waals surface area contributed by atoms with Gasteiger partial charge in [-0.05, 0) is 67.6 Å². The molecule has 3 heteroatoms. The van der Waals surface area contributed by atoms with Crippen molar-refractivity contribution in [2.45, 2.75) is 0 Å². The summed E-state index contributed by atoms with van der Waals surface area (Å²) in [7, 11) is -2.56. The van der Waals surface area contributed by atoms with E-state index in [0.717, 1.165) is 16.7 Å². The zero-order valence-electron chi connectivity index (χ0n) is 25.2. The van der Waals surface area contributed by atoms with E-state index in [0.29, 0.717) is 0 Å². The van der Waals surface area contributed by atoms with Crippen LogP contribution in [0.4, 0.5) is 0 Å². The van der Waals surface area contributed by atoms with Gasteiger partial charge in [-0.3, -0.25) is 4.40 Å². The van der Waals surface area contributed by atoms with E-state index in [-0.39, 0.29) is 0 Å². The van der Waals surface area contributed by atoms with Crippen molar-refractivity contribution in [3.63, 3.8) is 0 Å². The zero-order chi connectivity index (χ0) is 30.5. The van der Waals surface area contributed by atoms with E-state index in [1.807, 2.05) is 0 Å². The van der Waals surface area contributed by atoms with Crippen LogP contribution in [0.25, 0.3) is 49.5 Å². The Morgan fingerprint density at radius 3 is 1.50 bits per heavy atom. The molecular formula is C43H30N2Si. The van der Waals surface area contributed by atoms with Crippen molar-refractivity contribution in [3.8, 4) is 11.1 Å². The van der Waals surface area contributed by atoms with Crippen LogP contribution in [0, 0.1) is 0 Å². The Balaban J connectivity index is 1.24. The molecule has 0 bridgehead atoms. The molecule has 0 amide bonds. The van der Waals surface area contributed by atoms with Crippen molar-refractivity contribution in [1.82, 2.24) is 9.38 Å². The first kappa shape index (κ1) is 26.6. The van der Waals surface area contributed by atoms with Gasteiger partial charge in [0.05, 0.1) is 16.6 Å². The molecule has 0 aliphatic rings. The number of hydrogen-bond donors (Lipinski definition) is 0. The maximum absolute atomic E-state index is 5.09. The summed E-state index contributed by atoms with van der Waals surface area (Å²) in [5.74, 6) is 0. The van der Waals surface area contributed by atoms with Gasteiger partial charge in [-0.15, -0.1) is 0 Å². The normalized spacial score (nSPS) is 11.9. The van der Waals surface area contributed by atoms with E-state index in [2.05, 4.69) is 186 Å². The van der Waals surface area contributed by atoms with Crippen LogP contribution in [0.15, 0.2) is 182 Å². The fraction of sp³-hybridized carbons (Fsp3) is 0. The summed E-state index contributed by atoms with van der Waals surface area (Å²) in [5, 5.41) is 9.14. The highest BCUT2D eigenvalue weighted by atomic mass is 28.3. The van der Waals surface area contributed by atoms with Crippen molar-refractivity contribution >= 4 is 67.2 Å². The lowest BCUT2D eigenvalue weighted by molar-refractivity contribution is 1.31. The smallest absolute Gasteiger partial charge is 0.179 e. The Morgan fingerprint density at radius 2 is 0.870 bits per heavy atom. The zero-order valence-corrected chi connectivity index (χ0v) is 26.2. The number of pyridine rings is 1. The molecule has 0 aliphatic heterocycles. The van der Waals surface area contributed by atoms with Crippen LogP contribution in [-0.4, -0.2) is 17.5 Å². The number of aromatic nitrogens is 2. The second-order valence-corrected chi connectivity index (χ2v) is 15.8. The lowest BCUT2D eigenvalue weighted by Crippen LogP contribution is -2.74. The van der Waals surface area contributed by atoms with Crippen molar-refractivity contribution < 1.29 is 0 Å². The summed E-state index contributed by atoms with van der Waals surface area (Å²) < 4.78 is 2.31. The Labute approximate surface area is 268 Å². The third kappa shape index (κ3) is 3.99. The van der Waals surface area contributed by atoms with Crippen LogP contribution >= 0.6 is 0 Å². The van der Waals surface area contributed by atoms with Crippen molar-refractivity contribution in [1.29, 1.82) is 0 Å². The van der Waals surface area contributed by atoms with Crippen LogP contribution < -0.4 is 20.7 Å². The number of imidazole rings is 1. The predicted molar refractivity (Wildman–Crippen MR) is 197 cm³/mol. The standard InChI is InChI=1S/C43H30N2Si/c1-4-14-33(15-5-1)46(34-16-6-2-7-17-34,35-18-8-3-9-19-35)36-27-24-31(25-28-36)32-26-29-38-39(30-32)37-20-10-12-22-41(37)45-42-23-13-11-21-40(42)44-43(38)45/h1-30H. The molecule has 216 valence electrons. The van der Waals surface area contributed by atoms with Gasteiger partial charge in [0.25, 0.3) is 0 Å². The molecule has 0 spiro atoms. The molecule has 0 atom stereocenters. The van der Waals surface area contributed by atoms with Gasteiger partial charge >= 0.3 is 0 Å². The number of rotatable bonds is 5. The topological polar surface area (TPSA) is 17.3 Å². The van der Waals surface area contributed by atoms with Gasteiger partial charge in [0.15, 0.2) is 8.07 Å². The minimum atomic E-state index is -2.56. The van der Waals surface area contributed by atoms with E-state index < -0.39 is 8.07 Å². The molecule has 46 heavy (non-hydrogen) atoms. The summed E-state index contributed by atoms with van der Waals surface area (Å²) in [5.41, 5.74) is 6.74. The van der Waals surface area contributed by atoms with Crippen LogP contribution in [-0.2, 0) is 0 Å². The molecule has 9 rings (SSSR count). The Kier molecular flexibility index (Phi) is 6.18. The highest BCUT2D eigenvalue weighted by Crippen LogP contribution is 2.34. The maximum Gasteiger partial charge on any atom is 0.179 e. The van der Waals surface area contributed by atoms with Crippen LogP contribution in [0.2, 0.25) is 0 Å². The van der Waals surface area contributed by atoms with Gasteiger partial charge in [0.1, 0.15) is 5.65 Å². The number of benzene rings is 7. The predicted octanol–water partition coefficient (Wildman–Crippen LogP) is 7.84. The summed E-state index contributed by atoms with van der Waals surface area (Å²) in [6.45, 7) is 0. The van der Waals surface area contributed by atoms with Gasteiger partial charge in [-0.2, -0.15) is 0 Å². The van der Waals surface area contributed by atoms with Crippen LogP contribution in [0.1, 0.15) is 0 Å². The first-order valence-electron chi connectivity index (χ1n) is 15.8. The quantitative estimate of drug-likeness (QED) is 0.111. The largest absolute Gasteiger partial charge is 0.292 e. The monoisotopic (exact) mass is 602 g/mol. The Morgan fingerprint density at radius 1 is 0.370 bits per heavy atom. The highest BCUT2D eigenvalue weighted by molar-refractivity contribution is 7.19. The molecule has 0 fully saturated rings. The van der Waals surface area contributed by atoms with Gasteiger partial charge in [-0.25, -0.2) is 4.98 Å². The number of para-hydroxylation sites is 3. The van der Waals surface area contributed by atoms with Crippen LogP contribution in [0.5, 0.6) is 0 Å². The summed E-state index contributed by atoms with van der Waals surface area (Å²) >= 11 is 0. The van der Waals surface area contributed by atoms with Gasteiger partial charge in [0, 0.05) is 10.8 Å².